The molecule has 0 unspecified atom stereocenters. The number of aliphatic imine (C=N–C) groups is 1. The maximum atomic E-state index is 5.49. The average molecular weight is 426 g/mol. The zero-order valence-electron chi connectivity index (χ0n) is 16.0. The van der Waals surface area contributed by atoms with Crippen LogP contribution in [0.2, 0.25) is 0 Å². The van der Waals surface area contributed by atoms with Crippen LogP contribution in [0.1, 0.15) is 38.2 Å². The van der Waals surface area contributed by atoms with Crippen molar-refractivity contribution in [3.8, 4) is 0 Å². The molecular weight excluding hydrogens is 394 g/mol. The highest BCUT2D eigenvalue weighted by Gasteiger charge is 2.45. The molecule has 5 nitrogen and oxygen atoms in total. The topological polar surface area (TPSA) is 54.9 Å². The Balaban J connectivity index is 1.75. The van der Waals surface area contributed by atoms with Gasteiger partial charge in [-0.3, -0.25) is 4.99 Å². The lowest BCUT2D eigenvalue weighted by molar-refractivity contribution is 0.0689. The van der Waals surface area contributed by atoms with E-state index >= 15 is 0 Å². The summed E-state index contributed by atoms with van der Waals surface area (Å²) >= 11 is 3.69. The minimum absolute atomic E-state index is 0.206. The van der Waals surface area contributed by atoms with Gasteiger partial charge in [-0.25, -0.2) is 0 Å². The largest absolute Gasteiger partial charge is 0.382 e. The Labute approximate surface area is 166 Å². The average Bonchev–Trinajstić information content (AvgIpc) is 3.43. The SMILES string of the molecule is CCNC(=NCC1(c2ccccc2Br)CC1)NCCCCOCCOC. The van der Waals surface area contributed by atoms with Crippen molar-refractivity contribution >= 4 is 21.9 Å². The number of halogens is 1. The molecule has 1 aliphatic rings. The lowest BCUT2D eigenvalue weighted by Crippen LogP contribution is -2.38. The Morgan fingerprint density at radius 1 is 1.15 bits per heavy atom. The standard InChI is InChI=1S/C20H32BrN3O2/c1-3-22-19(23-12-6-7-13-26-15-14-25-2)24-16-20(10-11-20)17-8-4-5-9-18(17)21/h4-5,8-9H,3,6-7,10-16H2,1-2H3,(H2,22,23,24). The van der Waals surface area contributed by atoms with Crippen molar-refractivity contribution < 1.29 is 9.47 Å². The Kier molecular flexibility index (Phi) is 9.43. The van der Waals surface area contributed by atoms with Gasteiger partial charge in [-0.1, -0.05) is 34.1 Å². The maximum Gasteiger partial charge on any atom is 0.191 e. The van der Waals surface area contributed by atoms with Gasteiger partial charge in [0.05, 0.1) is 19.8 Å². The number of rotatable bonds is 12. The minimum atomic E-state index is 0.206. The minimum Gasteiger partial charge on any atom is -0.382 e. The first-order valence-corrected chi connectivity index (χ1v) is 10.3. The fourth-order valence-electron chi connectivity index (χ4n) is 2.91. The molecule has 0 spiro atoms. The Morgan fingerprint density at radius 2 is 1.96 bits per heavy atom. The van der Waals surface area contributed by atoms with Gasteiger partial charge in [-0.05, 0) is 44.2 Å². The van der Waals surface area contributed by atoms with Crippen LogP contribution < -0.4 is 10.6 Å². The summed E-state index contributed by atoms with van der Waals surface area (Å²) in [6.07, 6.45) is 4.51. The van der Waals surface area contributed by atoms with E-state index in [-0.39, 0.29) is 5.41 Å². The number of nitrogens with one attached hydrogen (secondary N) is 2. The van der Waals surface area contributed by atoms with Crippen molar-refractivity contribution in [3.63, 3.8) is 0 Å². The van der Waals surface area contributed by atoms with Crippen molar-refractivity contribution in [3.05, 3.63) is 34.3 Å². The number of guanidine groups is 1. The number of hydrogen-bond donors (Lipinski definition) is 2. The summed E-state index contributed by atoms with van der Waals surface area (Å²) in [7, 11) is 1.69. The third-order valence-corrected chi connectivity index (χ3v) is 5.31. The molecule has 26 heavy (non-hydrogen) atoms. The molecular formula is C20H32BrN3O2. The molecule has 0 saturated heterocycles. The summed E-state index contributed by atoms with van der Waals surface area (Å²) in [5, 5.41) is 6.78. The van der Waals surface area contributed by atoms with Crippen molar-refractivity contribution in [2.75, 3.05) is 46.6 Å². The fourth-order valence-corrected chi connectivity index (χ4v) is 3.61. The molecule has 1 aliphatic carbocycles. The summed E-state index contributed by atoms with van der Waals surface area (Å²) in [5.74, 6) is 0.908. The summed E-state index contributed by atoms with van der Waals surface area (Å²) in [6, 6.07) is 8.52. The van der Waals surface area contributed by atoms with E-state index in [4.69, 9.17) is 14.5 Å². The molecule has 1 aromatic carbocycles. The van der Waals surface area contributed by atoms with Crippen LogP contribution in [0.4, 0.5) is 0 Å². The lowest BCUT2D eigenvalue weighted by atomic mass is 9.96. The van der Waals surface area contributed by atoms with Gasteiger partial charge in [-0.15, -0.1) is 0 Å². The second kappa shape index (κ2) is 11.6. The van der Waals surface area contributed by atoms with Gasteiger partial charge >= 0.3 is 0 Å². The van der Waals surface area contributed by atoms with Gasteiger partial charge in [0.25, 0.3) is 0 Å². The van der Waals surface area contributed by atoms with Crippen molar-refractivity contribution in [1.29, 1.82) is 0 Å². The molecule has 1 saturated carbocycles. The zero-order chi connectivity index (χ0) is 18.7. The van der Waals surface area contributed by atoms with E-state index in [0.717, 1.165) is 45.0 Å². The molecule has 2 rings (SSSR count). The highest BCUT2D eigenvalue weighted by Crippen LogP contribution is 2.50. The predicted molar refractivity (Wildman–Crippen MR) is 111 cm³/mol. The number of nitrogens with zero attached hydrogens (tertiary/aromatic N) is 1. The Hall–Kier alpha value is -1.11. The first-order chi connectivity index (χ1) is 12.7. The fraction of sp³-hybridized carbons (Fsp3) is 0.650. The van der Waals surface area contributed by atoms with Crippen LogP contribution in [0, 0.1) is 0 Å². The maximum absolute atomic E-state index is 5.49. The molecule has 146 valence electrons. The predicted octanol–water partition coefficient (Wildman–Crippen LogP) is 3.48. The van der Waals surface area contributed by atoms with Crippen LogP contribution in [0.5, 0.6) is 0 Å². The van der Waals surface area contributed by atoms with Gasteiger partial charge in [-0.2, -0.15) is 0 Å². The second-order valence-electron chi connectivity index (χ2n) is 6.69. The molecule has 1 fully saturated rings. The number of hydrogen-bond acceptors (Lipinski definition) is 3. The molecule has 0 aromatic heterocycles. The Morgan fingerprint density at radius 3 is 2.65 bits per heavy atom. The van der Waals surface area contributed by atoms with Gasteiger partial charge in [0.2, 0.25) is 0 Å². The number of unbranched alkanes of at least 4 members (excludes halogenated alkanes) is 1. The van der Waals surface area contributed by atoms with Gasteiger partial charge in [0.1, 0.15) is 0 Å². The van der Waals surface area contributed by atoms with Crippen molar-refractivity contribution in [2.24, 2.45) is 4.99 Å². The molecule has 2 N–H and O–H groups in total. The number of benzene rings is 1. The zero-order valence-corrected chi connectivity index (χ0v) is 17.6. The van der Waals surface area contributed by atoms with Gasteiger partial charge in [0, 0.05) is 36.7 Å². The van der Waals surface area contributed by atoms with E-state index in [2.05, 4.69) is 57.8 Å². The van der Waals surface area contributed by atoms with Crippen molar-refractivity contribution in [1.82, 2.24) is 10.6 Å². The van der Waals surface area contributed by atoms with Crippen LogP contribution in [0.15, 0.2) is 33.7 Å². The highest BCUT2D eigenvalue weighted by atomic mass is 79.9. The Bertz CT molecular complexity index is 562. The lowest BCUT2D eigenvalue weighted by Gasteiger charge is -2.17. The molecule has 0 atom stereocenters. The van der Waals surface area contributed by atoms with Crippen LogP contribution >= 0.6 is 15.9 Å². The molecule has 0 radical (unpaired) electrons. The molecule has 0 amide bonds. The quantitative estimate of drug-likeness (QED) is 0.305. The smallest absolute Gasteiger partial charge is 0.191 e. The number of methoxy groups -OCH3 is 1. The second-order valence-corrected chi connectivity index (χ2v) is 7.55. The third kappa shape index (κ3) is 6.89. The summed E-state index contributed by atoms with van der Waals surface area (Å²) in [4.78, 5) is 4.85. The van der Waals surface area contributed by atoms with Gasteiger partial charge < -0.3 is 20.1 Å². The molecule has 0 aliphatic heterocycles. The van der Waals surface area contributed by atoms with Crippen LogP contribution in [0.25, 0.3) is 0 Å². The van der Waals surface area contributed by atoms with Gasteiger partial charge in [0.15, 0.2) is 5.96 Å². The van der Waals surface area contributed by atoms with E-state index in [9.17, 15) is 0 Å². The van der Waals surface area contributed by atoms with Crippen LogP contribution in [-0.4, -0.2) is 52.5 Å². The number of ether oxygens (including phenoxy) is 2. The third-order valence-electron chi connectivity index (χ3n) is 4.62. The summed E-state index contributed by atoms with van der Waals surface area (Å²) in [5.41, 5.74) is 1.59. The first kappa shape index (κ1) is 21.2. The summed E-state index contributed by atoms with van der Waals surface area (Å²) < 4.78 is 11.6. The molecule has 0 bridgehead atoms. The van der Waals surface area contributed by atoms with Crippen LogP contribution in [-0.2, 0) is 14.9 Å². The van der Waals surface area contributed by atoms with E-state index in [1.54, 1.807) is 7.11 Å². The van der Waals surface area contributed by atoms with Crippen LogP contribution in [0.3, 0.4) is 0 Å². The van der Waals surface area contributed by atoms with E-state index in [0.29, 0.717) is 13.2 Å². The van der Waals surface area contributed by atoms with E-state index < -0.39 is 0 Å². The normalized spacial score (nSPS) is 15.7. The highest BCUT2D eigenvalue weighted by molar-refractivity contribution is 9.10. The molecule has 1 aromatic rings. The first-order valence-electron chi connectivity index (χ1n) is 9.56. The van der Waals surface area contributed by atoms with E-state index in [1.807, 2.05) is 0 Å². The summed E-state index contributed by atoms with van der Waals surface area (Å²) in [6.45, 7) is 6.81. The molecule has 0 heterocycles. The van der Waals surface area contributed by atoms with E-state index in [1.165, 1.54) is 22.9 Å². The monoisotopic (exact) mass is 425 g/mol. The molecule has 6 heteroatoms. The van der Waals surface area contributed by atoms with Crippen molar-refractivity contribution in [2.45, 2.75) is 38.0 Å².